The van der Waals surface area contributed by atoms with Crippen LogP contribution < -0.4 is 9.64 Å². The van der Waals surface area contributed by atoms with Gasteiger partial charge in [-0.25, -0.2) is 14.4 Å². The van der Waals surface area contributed by atoms with Crippen molar-refractivity contribution in [2.75, 3.05) is 44.9 Å². The lowest BCUT2D eigenvalue weighted by molar-refractivity contribution is 0.0894. The third kappa shape index (κ3) is 3.76. The van der Waals surface area contributed by atoms with Crippen LogP contribution in [0.1, 0.15) is 6.92 Å². The summed E-state index contributed by atoms with van der Waals surface area (Å²) in [7, 11) is 1.58. The molecule has 0 saturated carbocycles. The number of methoxy groups -OCH3 is 1. The summed E-state index contributed by atoms with van der Waals surface area (Å²) in [6, 6.07) is 4.91. The van der Waals surface area contributed by atoms with Crippen LogP contribution in [0, 0.1) is 5.82 Å². The highest BCUT2D eigenvalue weighted by atomic mass is 19.1. The summed E-state index contributed by atoms with van der Waals surface area (Å²) < 4.78 is 30.5. The number of anilines is 1. The molecule has 0 spiro atoms. The Balaban J connectivity index is 1.69. The van der Waals surface area contributed by atoms with Crippen molar-refractivity contribution in [3.63, 3.8) is 0 Å². The molecular weight excluding hydrogens is 365 g/mol. The van der Waals surface area contributed by atoms with Crippen LogP contribution in [0.3, 0.4) is 0 Å². The topological polar surface area (TPSA) is 85.4 Å². The van der Waals surface area contributed by atoms with E-state index in [9.17, 15) is 4.39 Å². The molecule has 3 heterocycles. The van der Waals surface area contributed by atoms with Gasteiger partial charge in [-0.2, -0.15) is 5.10 Å². The average Bonchev–Trinajstić information content (AvgIpc) is 3.12. The first-order valence-corrected chi connectivity index (χ1v) is 9.14. The van der Waals surface area contributed by atoms with E-state index in [2.05, 4.69) is 25.1 Å². The monoisotopic (exact) mass is 387 g/mol. The van der Waals surface area contributed by atoms with Crippen LogP contribution in [0.5, 0.6) is 5.75 Å². The van der Waals surface area contributed by atoms with Crippen molar-refractivity contribution in [1.29, 1.82) is 0 Å². The Morgan fingerprint density at radius 3 is 2.86 bits per heavy atom. The molecule has 1 atom stereocenters. The SMILES string of the molecule is COCC(C)Oc1cc2c(-c3cc(N4CCOCC4)ncn3)n[nH]c2cc1F. The molecule has 0 amide bonds. The van der Waals surface area contributed by atoms with Crippen LogP contribution in [0.2, 0.25) is 0 Å². The number of nitrogens with zero attached hydrogens (tertiary/aromatic N) is 4. The second-order valence-electron chi connectivity index (χ2n) is 6.65. The minimum absolute atomic E-state index is 0.155. The van der Waals surface area contributed by atoms with Crippen molar-refractivity contribution in [1.82, 2.24) is 20.2 Å². The van der Waals surface area contributed by atoms with E-state index in [-0.39, 0.29) is 11.9 Å². The van der Waals surface area contributed by atoms with E-state index < -0.39 is 5.82 Å². The molecule has 9 heteroatoms. The van der Waals surface area contributed by atoms with Crippen molar-refractivity contribution in [2.45, 2.75) is 13.0 Å². The number of H-pyrrole nitrogens is 1. The highest BCUT2D eigenvalue weighted by Gasteiger charge is 2.18. The molecule has 1 unspecified atom stereocenters. The van der Waals surface area contributed by atoms with E-state index in [4.69, 9.17) is 14.2 Å². The molecular formula is C19H22FN5O3. The third-order valence-corrected chi connectivity index (χ3v) is 4.58. The Labute approximate surface area is 161 Å². The van der Waals surface area contributed by atoms with Gasteiger partial charge in [0.15, 0.2) is 11.6 Å². The summed E-state index contributed by atoms with van der Waals surface area (Å²) in [5.41, 5.74) is 1.85. The molecule has 1 aromatic carbocycles. The lowest BCUT2D eigenvalue weighted by Gasteiger charge is -2.27. The molecule has 0 bridgehead atoms. The fourth-order valence-corrected chi connectivity index (χ4v) is 3.23. The van der Waals surface area contributed by atoms with Gasteiger partial charge in [-0.15, -0.1) is 0 Å². The number of ether oxygens (including phenoxy) is 3. The second kappa shape index (κ2) is 8.07. The van der Waals surface area contributed by atoms with Gasteiger partial charge in [0.05, 0.1) is 31.0 Å². The molecule has 1 fully saturated rings. The molecule has 0 radical (unpaired) electrons. The number of rotatable bonds is 6. The third-order valence-electron chi connectivity index (χ3n) is 4.58. The molecule has 148 valence electrons. The summed E-state index contributed by atoms with van der Waals surface area (Å²) in [5.74, 6) is 0.515. The zero-order valence-corrected chi connectivity index (χ0v) is 15.8. The van der Waals surface area contributed by atoms with Gasteiger partial charge >= 0.3 is 0 Å². The zero-order valence-electron chi connectivity index (χ0n) is 15.8. The normalized spacial score (nSPS) is 15.8. The van der Waals surface area contributed by atoms with Crippen molar-refractivity contribution in [3.8, 4) is 17.1 Å². The average molecular weight is 387 g/mol. The lowest BCUT2D eigenvalue weighted by atomic mass is 10.1. The fourth-order valence-electron chi connectivity index (χ4n) is 3.23. The molecule has 0 aliphatic carbocycles. The molecule has 2 aromatic heterocycles. The molecule has 1 aliphatic heterocycles. The predicted molar refractivity (Wildman–Crippen MR) is 102 cm³/mol. The van der Waals surface area contributed by atoms with Crippen molar-refractivity contribution in [2.24, 2.45) is 0 Å². The van der Waals surface area contributed by atoms with Crippen molar-refractivity contribution in [3.05, 3.63) is 30.3 Å². The Morgan fingerprint density at radius 1 is 1.25 bits per heavy atom. The van der Waals surface area contributed by atoms with Gasteiger partial charge in [0, 0.05) is 37.7 Å². The number of nitrogens with one attached hydrogen (secondary N) is 1. The van der Waals surface area contributed by atoms with Gasteiger partial charge in [0.25, 0.3) is 0 Å². The first-order chi connectivity index (χ1) is 13.7. The maximum atomic E-state index is 14.4. The summed E-state index contributed by atoms with van der Waals surface area (Å²) >= 11 is 0. The Morgan fingerprint density at radius 2 is 2.07 bits per heavy atom. The number of halogens is 1. The number of aromatic amines is 1. The van der Waals surface area contributed by atoms with Gasteiger partial charge in [-0.05, 0) is 13.0 Å². The van der Waals surface area contributed by atoms with E-state index >= 15 is 0 Å². The number of benzene rings is 1. The minimum Gasteiger partial charge on any atom is -0.485 e. The van der Waals surface area contributed by atoms with Crippen LogP contribution in [0.25, 0.3) is 22.3 Å². The van der Waals surface area contributed by atoms with Crippen molar-refractivity contribution >= 4 is 16.7 Å². The number of fused-ring (bicyclic) bond motifs is 1. The quantitative estimate of drug-likeness (QED) is 0.695. The molecule has 1 N–H and O–H groups in total. The van der Waals surface area contributed by atoms with Crippen LogP contribution in [0.4, 0.5) is 10.2 Å². The highest BCUT2D eigenvalue weighted by molar-refractivity contribution is 5.93. The molecule has 28 heavy (non-hydrogen) atoms. The molecule has 1 saturated heterocycles. The summed E-state index contributed by atoms with van der Waals surface area (Å²) in [5, 5.41) is 7.94. The maximum absolute atomic E-state index is 14.4. The summed E-state index contributed by atoms with van der Waals surface area (Å²) in [6.45, 7) is 5.08. The Kier molecular flexibility index (Phi) is 5.36. The highest BCUT2D eigenvalue weighted by Crippen LogP contribution is 2.31. The van der Waals surface area contributed by atoms with Gasteiger partial charge < -0.3 is 19.1 Å². The minimum atomic E-state index is -0.456. The van der Waals surface area contributed by atoms with E-state index in [1.54, 1.807) is 13.2 Å². The van der Waals surface area contributed by atoms with Crippen LogP contribution in [-0.4, -0.2) is 66.3 Å². The van der Waals surface area contributed by atoms with E-state index in [1.165, 1.54) is 12.4 Å². The van der Waals surface area contributed by atoms with Gasteiger partial charge in [-0.1, -0.05) is 0 Å². The van der Waals surface area contributed by atoms with E-state index in [0.717, 1.165) is 24.3 Å². The fraction of sp³-hybridized carbons (Fsp3) is 0.421. The largest absolute Gasteiger partial charge is 0.485 e. The number of hydrogen-bond acceptors (Lipinski definition) is 7. The van der Waals surface area contributed by atoms with Crippen LogP contribution in [-0.2, 0) is 9.47 Å². The first-order valence-electron chi connectivity index (χ1n) is 9.14. The number of morpholine rings is 1. The molecule has 3 aromatic rings. The zero-order chi connectivity index (χ0) is 19.5. The van der Waals surface area contributed by atoms with Gasteiger partial charge in [0.2, 0.25) is 0 Å². The Bertz CT molecular complexity index is 958. The smallest absolute Gasteiger partial charge is 0.167 e. The van der Waals surface area contributed by atoms with Crippen LogP contribution >= 0.6 is 0 Å². The van der Waals surface area contributed by atoms with Crippen LogP contribution in [0.15, 0.2) is 24.5 Å². The maximum Gasteiger partial charge on any atom is 0.167 e. The lowest BCUT2D eigenvalue weighted by Crippen LogP contribution is -2.36. The van der Waals surface area contributed by atoms with Crippen molar-refractivity contribution < 1.29 is 18.6 Å². The van der Waals surface area contributed by atoms with E-state index in [1.807, 2.05) is 13.0 Å². The number of hydrogen-bond donors (Lipinski definition) is 1. The first kappa shape index (κ1) is 18.6. The second-order valence-corrected chi connectivity index (χ2v) is 6.65. The summed E-state index contributed by atoms with van der Waals surface area (Å²) in [6.07, 6.45) is 1.24. The van der Waals surface area contributed by atoms with Gasteiger partial charge in [-0.3, -0.25) is 5.10 Å². The summed E-state index contributed by atoms with van der Waals surface area (Å²) in [4.78, 5) is 10.9. The molecule has 4 rings (SSSR count). The molecule has 1 aliphatic rings. The molecule has 8 nitrogen and oxygen atoms in total. The number of aromatic nitrogens is 4. The Hall–Kier alpha value is -2.78. The standard InChI is InChI=1S/C19H22FN5O3/c1-12(10-26-2)28-17-7-13-15(8-14(17)20)23-24-19(13)16-9-18(22-11-21-16)25-3-5-27-6-4-25/h7-9,11-12H,3-6,10H2,1-2H3,(H,23,24). The van der Waals surface area contributed by atoms with Gasteiger partial charge in [0.1, 0.15) is 23.9 Å². The van der Waals surface area contributed by atoms with E-state index in [0.29, 0.717) is 36.7 Å². The predicted octanol–water partition coefficient (Wildman–Crippen LogP) is 2.41.